The molecule has 4 unspecified atom stereocenters. The van der Waals surface area contributed by atoms with Gasteiger partial charge in [-0.2, -0.15) is 0 Å². The molecule has 0 aromatic heterocycles. The molecule has 1 aliphatic heterocycles. The summed E-state index contributed by atoms with van der Waals surface area (Å²) in [4.78, 5) is 0. The molecule has 0 N–H and O–H groups in total. The molecule has 1 heteroatoms. The summed E-state index contributed by atoms with van der Waals surface area (Å²) in [7, 11) is 0.584. The number of hydrogen-bond donors (Lipinski definition) is 0. The summed E-state index contributed by atoms with van der Waals surface area (Å²) in [5.74, 6) is 5.16. The molecule has 1 heterocycles. The summed E-state index contributed by atoms with van der Waals surface area (Å²) in [6.45, 7) is 2.55. The minimum absolute atomic E-state index is 0.584. The molecule has 48 valence electrons. The molecule has 5 rings (SSSR count). The van der Waals surface area contributed by atoms with E-state index in [-0.39, 0.29) is 0 Å². The van der Waals surface area contributed by atoms with E-state index in [1.165, 1.54) is 35.0 Å². The lowest BCUT2D eigenvalue weighted by molar-refractivity contribution is 0.564. The molecule has 4 aliphatic carbocycles. The van der Waals surface area contributed by atoms with Crippen LogP contribution in [0.1, 0.15) is 6.42 Å². The molecule has 4 saturated carbocycles. The standard InChI is InChI=1S/C8H11P/c1-9-7-4-2-3-5(7)6(3)8(4)9/h3-8H,2H2,1H3. The Kier molecular flexibility index (Phi) is 0.446. The van der Waals surface area contributed by atoms with Crippen LogP contribution in [0.3, 0.4) is 0 Å². The summed E-state index contributed by atoms with van der Waals surface area (Å²) in [5.41, 5.74) is 2.61. The molecule has 0 amide bonds. The first-order valence-corrected chi connectivity index (χ1v) is 6.04. The zero-order chi connectivity index (χ0) is 5.75. The minimum Gasteiger partial charge on any atom is -0.102 e. The summed E-state index contributed by atoms with van der Waals surface area (Å²) in [5, 5.41) is 0. The van der Waals surface area contributed by atoms with Gasteiger partial charge in [-0.05, 0) is 48.1 Å². The molecule has 5 aliphatic rings. The summed E-state index contributed by atoms with van der Waals surface area (Å²) in [6.07, 6.45) is 1.66. The molecular weight excluding hydrogens is 127 g/mol. The zero-order valence-corrected chi connectivity index (χ0v) is 6.51. The smallest absolute Gasteiger partial charge is 0.0140 e. The van der Waals surface area contributed by atoms with E-state index in [1.54, 1.807) is 6.42 Å². The highest BCUT2D eigenvalue weighted by atomic mass is 31.1. The minimum atomic E-state index is 0.584. The van der Waals surface area contributed by atoms with Crippen LogP contribution in [0.25, 0.3) is 0 Å². The van der Waals surface area contributed by atoms with Crippen molar-refractivity contribution < 1.29 is 0 Å². The SMILES string of the molecule is CP1C2C3CC4C2C4C31. The summed E-state index contributed by atoms with van der Waals surface area (Å²) in [6, 6.07) is 0. The normalized spacial score (nSPS) is 87.0. The van der Waals surface area contributed by atoms with Crippen LogP contribution in [0.15, 0.2) is 0 Å². The molecule has 0 spiro atoms. The molecule has 0 nitrogen and oxygen atoms in total. The first-order chi connectivity index (χ1) is 4.39. The van der Waals surface area contributed by atoms with Crippen molar-refractivity contribution in [1.29, 1.82) is 0 Å². The predicted octanol–water partition coefficient (Wildman–Crippen LogP) is 1.74. The van der Waals surface area contributed by atoms with Crippen LogP contribution < -0.4 is 0 Å². The lowest BCUT2D eigenvalue weighted by Crippen LogP contribution is -2.31. The lowest BCUT2D eigenvalue weighted by atomic mass is 10.1. The van der Waals surface area contributed by atoms with Gasteiger partial charge in [-0.3, -0.25) is 0 Å². The van der Waals surface area contributed by atoms with Gasteiger partial charge in [-0.1, -0.05) is 0 Å². The molecule has 0 aromatic carbocycles. The van der Waals surface area contributed by atoms with E-state index in [0.29, 0.717) is 7.92 Å². The van der Waals surface area contributed by atoms with Gasteiger partial charge in [0.2, 0.25) is 0 Å². The van der Waals surface area contributed by atoms with E-state index >= 15 is 0 Å². The maximum Gasteiger partial charge on any atom is -0.0140 e. The van der Waals surface area contributed by atoms with Gasteiger partial charge in [0.15, 0.2) is 0 Å². The van der Waals surface area contributed by atoms with E-state index < -0.39 is 0 Å². The van der Waals surface area contributed by atoms with Crippen molar-refractivity contribution in [1.82, 2.24) is 0 Å². The second-order valence-corrected chi connectivity index (χ2v) is 6.89. The highest BCUT2D eigenvalue weighted by Gasteiger charge is 2.81. The van der Waals surface area contributed by atoms with Crippen LogP contribution >= 0.6 is 7.92 Å². The van der Waals surface area contributed by atoms with Crippen LogP contribution in [-0.2, 0) is 0 Å². The molecule has 0 aromatic rings. The van der Waals surface area contributed by atoms with Crippen molar-refractivity contribution in [2.75, 3.05) is 6.66 Å². The van der Waals surface area contributed by atoms with Crippen LogP contribution in [0, 0.1) is 23.7 Å². The van der Waals surface area contributed by atoms with Crippen molar-refractivity contribution in [3.8, 4) is 0 Å². The Morgan fingerprint density at radius 1 is 1.11 bits per heavy atom. The van der Waals surface area contributed by atoms with Crippen molar-refractivity contribution in [3.05, 3.63) is 0 Å². The maximum absolute atomic E-state index is 2.55. The van der Waals surface area contributed by atoms with Gasteiger partial charge < -0.3 is 0 Å². The van der Waals surface area contributed by atoms with Gasteiger partial charge in [0.05, 0.1) is 0 Å². The van der Waals surface area contributed by atoms with E-state index in [0.717, 1.165) is 0 Å². The van der Waals surface area contributed by atoms with Crippen molar-refractivity contribution >= 4 is 7.92 Å². The monoisotopic (exact) mass is 138 g/mol. The number of hydrogen-bond acceptors (Lipinski definition) is 0. The Morgan fingerprint density at radius 3 is 2.11 bits per heavy atom. The van der Waals surface area contributed by atoms with Crippen molar-refractivity contribution in [2.45, 2.75) is 17.7 Å². The van der Waals surface area contributed by atoms with Gasteiger partial charge in [0, 0.05) is 0 Å². The zero-order valence-electron chi connectivity index (χ0n) is 5.62. The molecule has 0 radical (unpaired) electrons. The summed E-state index contributed by atoms with van der Waals surface area (Å²) < 4.78 is 0. The Balaban J connectivity index is 1.98. The topological polar surface area (TPSA) is 0 Å². The average Bonchev–Trinajstić information content (AvgIpc) is 2.39. The van der Waals surface area contributed by atoms with Gasteiger partial charge in [0.25, 0.3) is 0 Å². The molecule has 5 fully saturated rings. The van der Waals surface area contributed by atoms with Crippen LogP contribution in [0.2, 0.25) is 0 Å². The van der Waals surface area contributed by atoms with Crippen LogP contribution in [-0.4, -0.2) is 18.0 Å². The predicted molar refractivity (Wildman–Crippen MR) is 39.0 cm³/mol. The maximum atomic E-state index is 2.55. The Hall–Kier alpha value is 0.430. The van der Waals surface area contributed by atoms with Crippen molar-refractivity contribution in [2.24, 2.45) is 23.7 Å². The molecule has 9 heavy (non-hydrogen) atoms. The third-order valence-electron chi connectivity index (χ3n) is 4.44. The first kappa shape index (κ1) is 4.34. The highest BCUT2D eigenvalue weighted by Crippen LogP contribution is 2.90. The van der Waals surface area contributed by atoms with Gasteiger partial charge in [0.1, 0.15) is 0 Å². The Labute approximate surface area is 56.8 Å². The van der Waals surface area contributed by atoms with E-state index in [2.05, 4.69) is 6.66 Å². The first-order valence-electron chi connectivity index (χ1n) is 4.11. The second-order valence-electron chi connectivity index (χ2n) is 4.36. The highest BCUT2D eigenvalue weighted by molar-refractivity contribution is 7.60. The third-order valence-corrected chi connectivity index (χ3v) is 7.78. The lowest BCUT2D eigenvalue weighted by Gasteiger charge is -2.40. The third kappa shape index (κ3) is 0.236. The molecule has 1 saturated heterocycles. The van der Waals surface area contributed by atoms with Crippen molar-refractivity contribution in [3.63, 3.8) is 0 Å². The fourth-order valence-corrected chi connectivity index (χ4v) is 8.16. The van der Waals surface area contributed by atoms with Gasteiger partial charge in [-0.15, -0.1) is 7.92 Å². The molecular formula is C8H11P. The molecule has 4 atom stereocenters. The van der Waals surface area contributed by atoms with Crippen LogP contribution in [0.4, 0.5) is 0 Å². The Morgan fingerprint density at radius 2 is 1.78 bits per heavy atom. The summed E-state index contributed by atoms with van der Waals surface area (Å²) >= 11 is 0. The largest absolute Gasteiger partial charge is 0.102 e. The van der Waals surface area contributed by atoms with E-state index in [4.69, 9.17) is 0 Å². The van der Waals surface area contributed by atoms with Gasteiger partial charge >= 0.3 is 0 Å². The molecule has 6 bridgehead atoms. The Bertz CT molecular complexity index is 179. The quantitative estimate of drug-likeness (QED) is 0.447. The fourth-order valence-electron chi connectivity index (χ4n) is 4.31. The fraction of sp³-hybridized carbons (Fsp3) is 1.00. The number of rotatable bonds is 0. The van der Waals surface area contributed by atoms with Gasteiger partial charge in [-0.25, -0.2) is 0 Å². The van der Waals surface area contributed by atoms with E-state index in [1.807, 2.05) is 0 Å². The van der Waals surface area contributed by atoms with Crippen LogP contribution in [0.5, 0.6) is 0 Å². The average molecular weight is 138 g/mol. The van der Waals surface area contributed by atoms with E-state index in [9.17, 15) is 0 Å². The second kappa shape index (κ2) is 0.925.